The molecule has 27 heavy (non-hydrogen) atoms. The first-order chi connectivity index (χ1) is 13.0. The highest BCUT2D eigenvalue weighted by atomic mass is 19.1. The molecule has 144 valence electrons. The molecule has 1 heterocycles. The van der Waals surface area contributed by atoms with Crippen LogP contribution in [0.15, 0.2) is 41.4 Å². The van der Waals surface area contributed by atoms with E-state index >= 15 is 0 Å². The van der Waals surface area contributed by atoms with Gasteiger partial charge in [0.1, 0.15) is 11.6 Å². The van der Waals surface area contributed by atoms with E-state index in [1.165, 1.54) is 18.2 Å². The fraction of sp³-hybridized carbons (Fsp3) is 0.316. The first kappa shape index (κ1) is 18.9. The van der Waals surface area contributed by atoms with E-state index in [1.54, 1.807) is 18.0 Å². The smallest absolute Gasteiger partial charge is 0.194 e. The van der Waals surface area contributed by atoms with Gasteiger partial charge in [-0.2, -0.15) is 0 Å². The second-order valence-electron chi connectivity index (χ2n) is 6.26. The zero-order chi connectivity index (χ0) is 19.4. The quantitative estimate of drug-likeness (QED) is 0.637. The molecular weight excluding hydrogens is 357 g/mol. The van der Waals surface area contributed by atoms with Gasteiger partial charge in [0.15, 0.2) is 17.5 Å². The zero-order valence-electron chi connectivity index (χ0n) is 14.9. The molecule has 1 aliphatic rings. The lowest BCUT2D eigenvalue weighted by Gasteiger charge is -2.37. The molecule has 2 aromatic rings. The monoisotopic (exact) mass is 378 g/mol. The summed E-state index contributed by atoms with van der Waals surface area (Å²) in [5, 5.41) is 12.4. The minimum Gasteiger partial charge on any atom is -0.505 e. The summed E-state index contributed by atoms with van der Waals surface area (Å²) in [6.45, 7) is 2.56. The molecule has 0 bridgehead atoms. The van der Waals surface area contributed by atoms with Crippen molar-refractivity contribution in [2.45, 2.75) is 6.54 Å². The molecule has 3 rings (SSSR count). The minimum atomic E-state index is -0.671. The van der Waals surface area contributed by atoms with Crippen LogP contribution in [0.25, 0.3) is 0 Å². The molecule has 0 spiro atoms. The fourth-order valence-electron chi connectivity index (χ4n) is 3.06. The molecule has 5 nitrogen and oxygen atoms in total. The van der Waals surface area contributed by atoms with Gasteiger partial charge in [-0.25, -0.2) is 13.2 Å². The standard InChI is InChI=1S/C19H21F3N4O/c1-23-19(24-12-13-2-5-18(27)16(22)10-13)26-8-6-25(7-9-26)17-11-14(20)3-4-15(17)21/h2-5,10-11,27H,6-9,12H2,1H3,(H,23,24). The average molecular weight is 378 g/mol. The molecule has 2 N–H and O–H groups in total. The van der Waals surface area contributed by atoms with Gasteiger partial charge >= 0.3 is 0 Å². The Morgan fingerprint density at radius 2 is 1.78 bits per heavy atom. The number of rotatable bonds is 3. The van der Waals surface area contributed by atoms with Gasteiger partial charge in [-0.3, -0.25) is 4.99 Å². The van der Waals surface area contributed by atoms with E-state index < -0.39 is 17.5 Å². The van der Waals surface area contributed by atoms with Gasteiger partial charge in [0.25, 0.3) is 0 Å². The zero-order valence-corrected chi connectivity index (χ0v) is 14.9. The van der Waals surface area contributed by atoms with Gasteiger partial charge in [-0.15, -0.1) is 0 Å². The van der Waals surface area contributed by atoms with E-state index in [1.807, 2.05) is 4.90 Å². The number of nitrogens with one attached hydrogen (secondary N) is 1. The van der Waals surface area contributed by atoms with Crippen LogP contribution < -0.4 is 10.2 Å². The van der Waals surface area contributed by atoms with Gasteiger partial charge < -0.3 is 20.2 Å². The van der Waals surface area contributed by atoms with Crippen LogP contribution in [-0.4, -0.2) is 49.2 Å². The molecule has 1 saturated heterocycles. The summed E-state index contributed by atoms with van der Waals surface area (Å²) in [7, 11) is 1.65. The highest BCUT2D eigenvalue weighted by molar-refractivity contribution is 5.80. The molecule has 0 aliphatic carbocycles. The van der Waals surface area contributed by atoms with Crippen LogP contribution in [-0.2, 0) is 6.54 Å². The normalized spacial score (nSPS) is 15.2. The average Bonchev–Trinajstić information content (AvgIpc) is 2.67. The molecule has 0 saturated carbocycles. The summed E-state index contributed by atoms with van der Waals surface area (Å²) in [6.07, 6.45) is 0. The largest absolute Gasteiger partial charge is 0.505 e. The molecule has 8 heteroatoms. The Morgan fingerprint density at radius 3 is 2.44 bits per heavy atom. The third kappa shape index (κ3) is 4.45. The molecule has 0 aromatic heterocycles. The molecule has 2 aromatic carbocycles. The molecule has 1 aliphatic heterocycles. The van der Waals surface area contributed by atoms with Gasteiger partial charge in [0.05, 0.1) is 5.69 Å². The van der Waals surface area contributed by atoms with Crippen LogP contribution in [0.1, 0.15) is 5.56 Å². The third-order valence-electron chi connectivity index (χ3n) is 4.50. The lowest BCUT2D eigenvalue weighted by molar-refractivity contribution is 0.370. The number of aromatic hydroxyl groups is 1. The van der Waals surface area contributed by atoms with Crippen molar-refractivity contribution in [3.63, 3.8) is 0 Å². The maximum atomic E-state index is 13.9. The molecule has 0 amide bonds. The summed E-state index contributed by atoms with van der Waals surface area (Å²) < 4.78 is 40.8. The Labute approximate surface area is 155 Å². The fourth-order valence-corrected chi connectivity index (χ4v) is 3.06. The number of anilines is 1. The third-order valence-corrected chi connectivity index (χ3v) is 4.50. The molecular formula is C19H21F3N4O. The van der Waals surface area contributed by atoms with Crippen LogP contribution in [0.2, 0.25) is 0 Å². The van der Waals surface area contributed by atoms with Gasteiger partial charge in [-0.05, 0) is 29.8 Å². The first-order valence-electron chi connectivity index (χ1n) is 8.61. The van der Waals surface area contributed by atoms with E-state index in [2.05, 4.69) is 10.3 Å². The van der Waals surface area contributed by atoms with Crippen LogP contribution in [0.5, 0.6) is 5.75 Å². The second kappa shape index (κ2) is 8.20. The number of hydrogen-bond acceptors (Lipinski definition) is 3. The number of guanidine groups is 1. The Morgan fingerprint density at radius 1 is 1.04 bits per heavy atom. The Hall–Kier alpha value is -2.90. The number of phenols is 1. The molecule has 1 fully saturated rings. The van der Waals surface area contributed by atoms with Crippen molar-refractivity contribution in [1.82, 2.24) is 10.2 Å². The number of aliphatic imine (C=N–C) groups is 1. The molecule has 0 unspecified atom stereocenters. The topological polar surface area (TPSA) is 51.1 Å². The van der Waals surface area contributed by atoms with Crippen molar-refractivity contribution < 1.29 is 18.3 Å². The first-order valence-corrected chi connectivity index (χ1v) is 8.61. The van der Waals surface area contributed by atoms with Crippen molar-refractivity contribution in [1.29, 1.82) is 0 Å². The van der Waals surface area contributed by atoms with Gasteiger partial charge in [-0.1, -0.05) is 6.07 Å². The van der Waals surface area contributed by atoms with Crippen molar-refractivity contribution in [2.24, 2.45) is 4.99 Å². The summed E-state index contributed by atoms with van der Waals surface area (Å²) >= 11 is 0. The number of benzene rings is 2. The van der Waals surface area contributed by atoms with Crippen molar-refractivity contribution in [2.75, 3.05) is 38.1 Å². The predicted molar refractivity (Wildman–Crippen MR) is 98.4 cm³/mol. The van der Waals surface area contributed by atoms with Gasteiger partial charge in [0, 0.05) is 45.8 Å². The predicted octanol–water partition coefficient (Wildman–Crippen LogP) is 2.71. The minimum absolute atomic E-state index is 0.261. The number of phenolic OH excluding ortho intramolecular Hbond substituents is 1. The summed E-state index contributed by atoms with van der Waals surface area (Å²) in [5.74, 6) is -1.32. The van der Waals surface area contributed by atoms with Crippen molar-refractivity contribution >= 4 is 11.6 Å². The van der Waals surface area contributed by atoms with Crippen molar-refractivity contribution in [3.8, 4) is 5.75 Å². The van der Waals surface area contributed by atoms with Crippen LogP contribution in [0, 0.1) is 17.5 Å². The summed E-state index contributed by atoms with van der Waals surface area (Å²) in [4.78, 5) is 8.04. The maximum Gasteiger partial charge on any atom is 0.194 e. The lowest BCUT2D eigenvalue weighted by Crippen LogP contribution is -2.52. The summed E-state index contributed by atoms with van der Waals surface area (Å²) in [6, 6.07) is 7.64. The number of nitrogens with zero attached hydrogens (tertiary/aromatic N) is 3. The SMILES string of the molecule is CN=C(NCc1ccc(O)c(F)c1)N1CCN(c2cc(F)ccc2F)CC1. The summed E-state index contributed by atoms with van der Waals surface area (Å²) in [5.41, 5.74) is 0.934. The van der Waals surface area contributed by atoms with E-state index in [0.717, 1.165) is 12.1 Å². The van der Waals surface area contributed by atoms with E-state index in [9.17, 15) is 18.3 Å². The molecule has 0 radical (unpaired) electrons. The van der Waals surface area contributed by atoms with E-state index in [4.69, 9.17) is 0 Å². The van der Waals surface area contributed by atoms with E-state index in [-0.39, 0.29) is 11.4 Å². The highest BCUT2D eigenvalue weighted by Crippen LogP contribution is 2.22. The Balaban J connectivity index is 1.58. The number of halogens is 3. The van der Waals surface area contributed by atoms with Crippen LogP contribution in [0.4, 0.5) is 18.9 Å². The maximum absolute atomic E-state index is 13.9. The molecule has 0 atom stereocenters. The van der Waals surface area contributed by atoms with Crippen molar-refractivity contribution in [3.05, 3.63) is 59.4 Å². The Bertz CT molecular complexity index is 836. The van der Waals surface area contributed by atoms with Crippen LogP contribution >= 0.6 is 0 Å². The highest BCUT2D eigenvalue weighted by Gasteiger charge is 2.22. The lowest BCUT2D eigenvalue weighted by atomic mass is 10.2. The number of piperazine rings is 1. The number of hydrogen-bond donors (Lipinski definition) is 2. The van der Waals surface area contributed by atoms with E-state index in [0.29, 0.717) is 44.2 Å². The van der Waals surface area contributed by atoms with Crippen LogP contribution in [0.3, 0.4) is 0 Å². The van der Waals surface area contributed by atoms with Gasteiger partial charge in [0.2, 0.25) is 0 Å². The second-order valence-corrected chi connectivity index (χ2v) is 6.26. The Kier molecular flexibility index (Phi) is 5.73.